The van der Waals surface area contributed by atoms with Gasteiger partial charge in [-0.05, 0) is 53.4 Å². The molecule has 4 aromatic rings. The number of nitrogens with zero attached hydrogens (tertiary/aromatic N) is 2. The summed E-state index contributed by atoms with van der Waals surface area (Å²) in [5.41, 5.74) is 8.09. The van der Waals surface area contributed by atoms with Crippen LogP contribution in [-0.2, 0) is 10.8 Å². The van der Waals surface area contributed by atoms with Crippen molar-refractivity contribution >= 4 is 17.2 Å². The Morgan fingerprint density at radius 2 is 1.00 bits per heavy atom. The molecular weight excluding hydrogens is 476 g/mol. The van der Waals surface area contributed by atoms with Gasteiger partial charge in [0.25, 0.3) is 0 Å². The van der Waals surface area contributed by atoms with E-state index in [0.29, 0.717) is 0 Å². The maximum Gasteiger partial charge on any atom is 0.133 e. The number of hydrogen-bond acceptors (Lipinski definition) is 4. The van der Waals surface area contributed by atoms with Gasteiger partial charge in [0.15, 0.2) is 0 Å². The highest BCUT2D eigenvalue weighted by Crippen LogP contribution is 2.36. The molecule has 212 valence electrons. The van der Waals surface area contributed by atoms with Crippen molar-refractivity contribution in [2.24, 2.45) is 0 Å². The minimum absolute atomic E-state index is 0. The Bertz CT molecular complexity index is 1270. The van der Waals surface area contributed by atoms with Crippen molar-refractivity contribution in [1.29, 1.82) is 0 Å². The van der Waals surface area contributed by atoms with Crippen LogP contribution in [0.1, 0.15) is 92.6 Å². The summed E-state index contributed by atoms with van der Waals surface area (Å²) in [6.45, 7) is 19.3. The summed E-state index contributed by atoms with van der Waals surface area (Å²) in [4.78, 5) is 8.44. The SMILES string of the molecule is CC.CCC.CNc1ccc(C(C)(C)c2ccc(C(C)(C)c3ccc(Nc4cc(C)ncn4)cc3)cc2)cc1.[HH].[HH]. The molecule has 2 N–H and O–H groups in total. The maximum atomic E-state index is 4.29. The summed E-state index contributed by atoms with van der Waals surface area (Å²) in [6, 6.07) is 28.3. The quantitative estimate of drug-likeness (QED) is 0.250. The fourth-order valence-electron chi connectivity index (χ4n) is 4.33. The third kappa shape index (κ3) is 8.16. The Hall–Kier alpha value is -3.66. The second-order valence-electron chi connectivity index (χ2n) is 10.6. The van der Waals surface area contributed by atoms with Gasteiger partial charge in [-0.15, -0.1) is 0 Å². The molecule has 1 aromatic heterocycles. The van der Waals surface area contributed by atoms with Crippen molar-refractivity contribution in [3.63, 3.8) is 0 Å². The lowest BCUT2D eigenvalue weighted by Gasteiger charge is -2.30. The number of nitrogens with one attached hydrogen (secondary N) is 2. The molecule has 4 heteroatoms. The third-order valence-electron chi connectivity index (χ3n) is 6.91. The summed E-state index contributed by atoms with van der Waals surface area (Å²) in [6.07, 6.45) is 2.83. The van der Waals surface area contributed by atoms with Crippen LogP contribution in [0.4, 0.5) is 17.2 Å². The van der Waals surface area contributed by atoms with Gasteiger partial charge in [0.1, 0.15) is 12.1 Å². The third-order valence-corrected chi connectivity index (χ3v) is 6.91. The predicted octanol–water partition coefficient (Wildman–Crippen LogP) is 10.2. The van der Waals surface area contributed by atoms with Crippen LogP contribution in [0.15, 0.2) is 85.2 Å². The average Bonchev–Trinajstić information content (AvgIpc) is 2.95. The van der Waals surface area contributed by atoms with Crippen molar-refractivity contribution in [3.05, 3.63) is 113 Å². The smallest absolute Gasteiger partial charge is 0.133 e. The van der Waals surface area contributed by atoms with Gasteiger partial charge in [-0.25, -0.2) is 9.97 Å². The fourth-order valence-corrected chi connectivity index (χ4v) is 4.33. The molecule has 0 atom stereocenters. The molecule has 0 aliphatic rings. The number of hydrogen-bond donors (Lipinski definition) is 2. The van der Waals surface area contributed by atoms with Gasteiger partial charge in [-0.3, -0.25) is 0 Å². The van der Waals surface area contributed by atoms with Crippen LogP contribution in [0.5, 0.6) is 0 Å². The molecular formula is C35H52N4. The van der Waals surface area contributed by atoms with E-state index in [0.717, 1.165) is 22.9 Å². The zero-order valence-electron chi connectivity index (χ0n) is 25.7. The van der Waals surface area contributed by atoms with E-state index in [9.17, 15) is 0 Å². The van der Waals surface area contributed by atoms with Crippen LogP contribution in [-0.4, -0.2) is 17.0 Å². The first kappa shape index (κ1) is 31.6. The lowest BCUT2D eigenvalue weighted by molar-refractivity contribution is 0.626. The van der Waals surface area contributed by atoms with E-state index in [1.54, 1.807) is 6.33 Å². The summed E-state index contributed by atoms with van der Waals surface area (Å²) in [7, 11) is 1.95. The molecule has 0 fully saturated rings. The molecule has 0 saturated carbocycles. The lowest BCUT2D eigenvalue weighted by atomic mass is 9.74. The number of rotatable bonds is 7. The van der Waals surface area contributed by atoms with Gasteiger partial charge in [-0.2, -0.15) is 0 Å². The highest BCUT2D eigenvalue weighted by Gasteiger charge is 2.26. The number of anilines is 3. The zero-order valence-corrected chi connectivity index (χ0v) is 25.7. The minimum Gasteiger partial charge on any atom is -0.388 e. The van der Waals surface area contributed by atoms with Crippen LogP contribution in [0, 0.1) is 6.92 Å². The monoisotopic (exact) mass is 528 g/mol. The molecule has 0 bridgehead atoms. The molecule has 0 radical (unpaired) electrons. The lowest BCUT2D eigenvalue weighted by Crippen LogP contribution is -2.21. The first-order valence-electron chi connectivity index (χ1n) is 14.2. The topological polar surface area (TPSA) is 49.8 Å². The molecule has 39 heavy (non-hydrogen) atoms. The van der Waals surface area contributed by atoms with E-state index >= 15 is 0 Å². The van der Waals surface area contributed by atoms with Crippen LogP contribution >= 0.6 is 0 Å². The van der Waals surface area contributed by atoms with Crippen molar-refractivity contribution in [2.75, 3.05) is 17.7 Å². The van der Waals surface area contributed by atoms with Gasteiger partial charge in [0, 0.05) is 43.9 Å². The van der Waals surface area contributed by atoms with E-state index < -0.39 is 0 Å². The Balaban J connectivity index is 0.00000215. The van der Waals surface area contributed by atoms with Crippen LogP contribution < -0.4 is 10.6 Å². The highest BCUT2D eigenvalue weighted by atomic mass is 15.0. The second-order valence-corrected chi connectivity index (χ2v) is 10.6. The van der Waals surface area contributed by atoms with Gasteiger partial charge in [0.2, 0.25) is 0 Å². The van der Waals surface area contributed by atoms with E-state index in [1.807, 2.05) is 33.9 Å². The Morgan fingerprint density at radius 1 is 0.641 bits per heavy atom. The molecule has 0 unspecified atom stereocenters. The summed E-state index contributed by atoms with van der Waals surface area (Å²) in [5.74, 6) is 0.804. The highest BCUT2D eigenvalue weighted by molar-refractivity contribution is 5.57. The van der Waals surface area contributed by atoms with Crippen LogP contribution in [0.2, 0.25) is 0 Å². The normalized spacial score (nSPS) is 10.9. The molecule has 0 aliphatic heterocycles. The fraction of sp³-hybridized carbons (Fsp3) is 0.371. The minimum atomic E-state index is -0.110. The van der Waals surface area contributed by atoms with Gasteiger partial charge >= 0.3 is 0 Å². The van der Waals surface area contributed by atoms with Crippen molar-refractivity contribution in [1.82, 2.24) is 9.97 Å². The Morgan fingerprint density at radius 3 is 1.36 bits per heavy atom. The summed E-state index contributed by atoms with van der Waals surface area (Å²) < 4.78 is 0. The molecule has 4 nitrogen and oxygen atoms in total. The summed E-state index contributed by atoms with van der Waals surface area (Å²) in [5, 5.41) is 6.55. The van der Waals surface area contributed by atoms with Crippen LogP contribution in [0.25, 0.3) is 0 Å². The largest absolute Gasteiger partial charge is 0.388 e. The number of aryl methyl sites for hydroxylation is 1. The molecule has 0 saturated heterocycles. The van der Waals surface area contributed by atoms with E-state index in [1.165, 1.54) is 28.7 Å². The van der Waals surface area contributed by atoms with E-state index in [4.69, 9.17) is 0 Å². The Kier molecular flexibility index (Phi) is 11.7. The molecule has 0 spiro atoms. The van der Waals surface area contributed by atoms with Crippen molar-refractivity contribution in [3.8, 4) is 0 Å². The average molecular weight is 529 g/mol. The summed E-state index contributed by atoms with van der Waals surface area (Å²) >= 11 is 0. The molecule has 1 heterocycles. The Labute approximate surface area is 240 Å². The molecule has 3 aromatic carbocycles. The van der Waals surface area contributed by atoms with Crippen molar-refractivity contribution in [2.45, 2.75) is 79.6 Å². The molecule has 0 amide bonds. The maximum absolute atomic E-state index is 4.29. The van der Waals surface area contributed by atoms with E-state index in [2.05, 4.69) is 135 Å². The van der Waals surface area contributed by atoms with Gasteiger partial charge in [-0.1, -0.05) is 110 Å². The van der Waals surface area contributed by atoms with E-state index in [-0.39, 0.29) is 13.7 Å². The zero-order chi connectivity index (χ0) is 29.1. The standard InChI is InChI=1S/C30H34N4.C3H8.C2H6.2H2/c1-21-19-28(33-20-32-21)34-27-17-13-25(14-18-27)30(4,5)23-9-7-22(8-10-23)29(2,3)24-11-15-26(31-6)16-12-24;1-3-2;1-2;;/h7-20,31H,1-6H3,(H,32,33,34);3H2,1-2H3;1-2H3;2*1H. The number of aromatic nitrogens is 2. The predicted molar refractivity (Wildman–Crippen MR) is 175 cm³/mol. The molecule has 4 rings (SSSR count). The number of benzene rings is 3. The first-order valence-corrected chi connectivity index (χ1v) is 14.2. The second kappa shape index (κ2) is 14.5. The van der Waals surface area contributed by atoms with Gasteiger partial charge in [0.05, 0.1) is 0 Å². The van der Waals surface area contributed by atoms with Crippen LogP contribution in [0.3, 0.4) is 0 Å². The van der Waals surface area contributed by atoms with Gasteiger partial charge < -0.3 is 10.6 Å². The first-order chi connectivity index (χ1) is 18.6. The van der Waals surface area contributed by atoms with Crippen molar-refractivity contribution < 1.29 is 2.85 Å². The molecule has 0 aliphatic carbocycles.